The number of carbonyl (C=O) groups excluding carboxylic acids is 1. The van der Waals surface area contributed by atoms with Crippen LogP contribution in [-0.4, -0.2) is 49.9 Å². The van der Waals surface area contributed by atoms with Crippen LogP contribution in [0.4, 0.5) is 14.5 Å². The minimum Gasteiger partial charge on any atom is -0.375 e. The van der Waals surface area contributed by atoms with Gasteiger partial charge in [0.15, 0.2) is 0 Å². The molecule has 1 saturated carbocycles. The SMILES string of the molecule is CNCCCOC1CC(C(=O)Nc2c(Cl)cncc2Cl)CCC1OC(F)F. The van der Waals surface area contributed by atoms with Crippen molar-refractivity contribution in [1.29, 1.82) is 0 Å². The van der Waals surface area contributed by atoms with E-state index in [1.165, 1.54) is 12.4 Å². The van der Waals surface area contributed by atoms with E-state index in [1.807, 2.05) is 7.05 Å². The van der Waals surface area contributed by atoms with Crippen LogP contribution in [-0.2, 0) is 14.3 Å². The minimum atomic E-state index is -2.88. The second kappa shape index (κ2) is 11.1. The van der Waals surface area contributed by atoms with Gasteiger partial charge in [-0.05, 0) is 39.3 Å². The molecule has 1 aromatic heterocycles. The fourth-order valence-corrected chi connectivity index (χ4v) is 3.50. The number of alkyl halides is 2. The Morgan fingerprint density at radius 2 is 2.00 bits per heavy atom. The molecule has 0 saturated heterocycles. The van der Waals surface area contributed by atoms with Gasteiger partial charge in [0.2, 0.25) is 5.91 Å². The Bertz CT molecular complexity index is 605. The zero-order valence-corrected chi connectivity index (χ0v) is 16.4. The highest BCUT2D eigenvalue weighted by molar-refractivity contribution is 6.39. The summed E-state index contributed by atoms with van der Waals surface area (Å²) in [6.07, 6.45) is 3.15. The van der Waals surface area contributed by atoms with Crippen LogP contribution in [0.5, 0.6) is 0 Å². The van der Waals surface area contributed by atoms with E-state index in [1.54, 1.807) is 0 Å². The van der Waals surface area contributed by atoms with E-state index in [-0.39, 0.29) is 28.1 Å². The number of pyridine rings is 1. The molecular formula is C17H23Cl2F2N3O3. The molecule has 1 amide bonds. The maximum Gasteiger partial charge on any atom is 0.345 e. The molecule has 0 aliphatic heterocycles. The van der Waals surface area contributed by atoms with Gasteiger partial charge in [0.25, 0.3) is 0 Å². The smallest absolute Gasteiger partial charge is 0.345 e. The molecule has 0 aromatic carbocycles. The van der Waals surface area contributed by atoms with Gasteiger partial charge in [-0.3, -0.25) is 9.78 Å². The molecule has 2 rings (SSSR count). The Hall–Kier alpha value is -1.06. The number of hydrogen-bond donors (Lipinski definition) is 2. The Balaban J connectivity index is 1.99. The first-order valence-corrected chi connectivity index (χ1v) is 9.47. The second-order valence-corrected chi connectivity index (χ2v) is 7.09. The van der Waals surface area contributed by atoms with E-state index in [9.17, 15) is 13.6 Å². The summed E-state index contributed by atoms with van der Waals surface area (Å²) >= 11 is 12.0. The lowest BCUT2D eigenvalue weighted by Crippen LogP contribution is -2.42. The van der Waals surface area contributed by atoms with Crippen LogP contribution >= 0.6 is 23.2 Å². The molecule has 1 heterocycles. The molecule has 1 aliphatic rings. The zero-order chi connectivity index (χ0) is 19.8. The largest absolute Gasteiger partial charge is 0.375 e. The number of halogens is 4. The molecule has 152 valence electrons. The van der Waals surface area contributed by atoms with E-state index >= 15 is 0 Å². The van der Waals surface area contributed by atoms with Crippen molar-refractivity contribution in [3.05, 3.63) is 22.4 Å². The van der Waals surface area contributed by atoms with E-state index in [0.29, 0.717) is 19.4 Å². The molecule has 3 unspecified atom stereocenters. The van der Waals surface area contributed by atoms with Crippen molar-refractivity contribution < 1.29 is 23.0 Å². The predicted octanol–water partition coefficient (Wildman–Crippen LogP) is 3.73. The third-order valence-corrected chi connectivity index (χ3v) is 4.96. The van der Waals surface area contributed by atoms with Crippen LogP contribution < -0.4 is 10.6 Å². The topological polar surface area (TPSA) is 72.5 Å². The number of ether oxygens (including phenoxy) is 2. The van der Waals surface area contributed by atoms with Gasteiger partial charge in [0, 0.05) is 24.9 Å². The van der Waals surface area contributed by atoms with Gasteiger partial charge in [-0.1, -0.05) is 23.2 Å². The standard InChI is InChI=1S/C17H23Cl2F2N3O3/c1-22-5-2-6-26-14-7-10(3-4-13(14)27-17(20)21)16(25)24-15-11(18)8-23-9-12(15)19/h8-10,13-14,17,22H,2-7H2,1H3,(H,23,24,25). The molecule has 1 aromatic rings. The third-order valence-electron chi connectivity index (χ3n) is 4.38. The lowest BCUT2D eigenvalue weighted by Gasteiger charge is -2.35. The van der Waals surface area contributed by atoms with Crippen LogP contribution in [0.2, 0.25) is 10.0 Å². The number of hydrogen-bond acceptors (Lipinski definition) is 5. The molecule has 27 heavy (non-hydrogen) atoms. The number of nitrogens with one attached hydrogen (secondary N) is 2. The van der Waals surface area contributed by atoms with E-state index in [4.69, 9.17) is 27.9 Å². The van der Waals surface area contributed by atoms with Gasteiger partial charge in [-0.15, -0.1) is 0 Å². The van der Waals surface area contributed by atoms with Crippen LogP contribution in [0.15, 0.2) is 12.4 Å². The summed E-state index contributed by atoms with van der Waals surface area (Å²) in [5, 5.41) is 6.15. The van der Waals surface area contributed by atoms with E-state index in [2.05, 4.69) is 20.4 Å². The van der Waals surface area contributed by atoms with Gasteiger partial charge >= 0.3 is 6.61 Å². The molecule has 0 spiro atoms. The quantitative estimate of drug-likeness (QED) is 0.589. The molecule has 2 N–H and O–H groups in total. The van der Waals surface area contributed by atoms with Crippen molar-refractivity contribution in [3.8, 4) is 0 Å². The number of nitrogens with zero attached hydrogens (tertiary/aromatic N) is 1. The average molecular weight is 426 g/mol. The lowest BCUT2D eigenvalue weighted by molar-refractivity contribution is -0.207. The Kier molecular flexibility index (Phi) is 9.11. The third kappa shape index (κ3) is 6.80. The van der Waals surface area contributed by atoms with Crippen LogP contribution in [0.3, 0.4) is 0 Å². The molecular weight excluding hydrogens is 403 g/mol. The van der Waals surface area contributed by atoms with Crippen molar-refractivity contribution in [1.82, 2.24) is 10.3 Å². The highest BCUT2D eigenvalue weighted by Gasteiger charge is 2.36. The normalized spacial score (nSPS) is 22.8. The predicted molar refractivity (Wildman–Crippen MR) is 99.4 cm³/mol. The van der Waals surface area contributed by atoms with Gasteiger partial charge in [0.05, 0.1) is 27.9 Å². The number of rotatable bonds is 9. The molecule has 3 atom stereocenters. The van der Waals surface area contributed by atoms with E-state index in [0.717, 1.165) is 13.0 Å². The Morgan fingerprint density at radius 1 is 1.30 bits per heavy atom. The van der Waals surface area contributed by atoms with Crippen molar-refractivity contribution in [2.75, 3.05) is 25.5 Å². The lowest BCUT2D eigenvalue weighted by atomic mass is 9.84. The number of carbonyl (C=O) groups is 1. The Morgan fingerprint density at radius 3 is 2.63 bits per heavy atom. The minimum absolute atomic E-state index is 0.227. The first kappa shape index (κ1) is 22.2. The van der Waals surface area contributed by atoms with Crippen molar-refractivity contribution in [2.24, 2.45) is 5.92 Å². The van der Waals surface area contributed by atoms with Crippen LogP contribution in [0, 0.1) is 5.92 Å². The summed E-state index contributed by atoms with van der Waals surface area (Å²) in [6.45, 7) is -1.74. The number of amides is 1. The van der Waals surface area contributed by atoms with Gasteiger partial charge in [0.1, 0.15) is 0 Å². The van der Waals surface area contributed by atoms with Crippen LogP contribution in [0.25, 0.3) is 0 Å². The number of anilines is 1. The monoisotopic (exact) mass is 425 g/mol. The van der Waals surface area contributed by atoms with Crippen molar-refractivity contribution in [3.63, 3.8) is 0 Å². The van der Waals surface area contributed by atoms with Gasteiger partial charge in [-0.25, -0.2) is 0 Å². The summed E-state index contributed by atoms with van der Waals surface area (Å²) in [5.41, 5.74) is 0.288. The second-order valence-electron chi connectivity index (χ2n) is 6.28. The maximum atomic E-state index is 12.7. The summed E-state index contributed by atoms with van der Waals surface area (Å²) in [4.78, 5) is 16.5. The first-order chi connectivity index (χ1) is 12.9. The molecule has 10 heteroatoms. The van der Waals surface area contributed by atoms with E-state index < -0.39 is 24.7 Å². The molecule has 1 aliphatic carbocycles. The summed E-state index contributed by atoms with van der Waals surface area (Å²) in [7, 11) is 1.82. The maximum absolute atomic E-state index is 12.7. The fraction of sp³-hybridized carbons (Fsp3) is 0.647. The highest BCUT2D eigenvalue weighted by atomic mass is 35.5. The summed E-state index contributed by atoms with van der Waals surface area (Å²) < 4.78 is 35.8. The Labute approximate surface area is 166 Å². The fourth-order valence-electron chi connectivity index (χ4n) is 3.04. The summed E-state index contributed by atoms with van der Waals surface area (Å²) in [6, 6.07) is 0. The molecule has 0 radical (unpaired) electrons. The van der Waals surface area contributed by atoms with Crippen molar-refractivity contribution >= 4 is 34.8 Å². The zero-order valence-electron chi connectivity index (χ0n) is 14.9. The first-order valence-electron chi connectivity index (χ1n) is 8.72. The molecule has 6 nitrogen and oxygen atoms in total. The number of aromatic nitrogens is 1. The summed E-state index contributed by atoms with van der Waals surface area (Å²) in [5.74, 6) is -0.707. The van der Waals surface area contributed by atoms with Gasteiger partial charge < -0.3 is 20.1 Å². The van der Waals surface area contributed by atoms with Crippen LogP contribution in [0.1, 0.15) is 25.7 Å². The average Bonchev–Trinajstić information content (AvgIpc) is 2.62. The molecule has 1 fully saturated rings. The molecule has 0 bridgehead atoms. The van der Waals surface area contributed by atoms with Gasteiger partial charge in [-0.2, -0.15) is 8.78 Å². The van der Waals surface area contributed by atoms with Crippen molar-refractivity contribution in [2.45, 2.75) is 44.5 Å². The highest BCUT2D eigenvalue weighted by Crippen LogP contribution is 2.33.